The van der Waals surface area contributed by atoms with Gasteiger partial charge in [0, 0.05) is 28.9 Å². The summed E-state index contributed by atoms with van der Waals surface area (Å²) >= 11 is 0. The fraction of sp³-hybridized carbons (Fsp3) is 0.564. The molecule has 6 fully saturated rings. The quantitative estimate of drug-likeness (QED) is 0.247. The topological polar surface area (TPSA) is 21.7 Å². The van der Waals surface area contributed by atoms with Crippen LogP contribution in [0.1, 0.15) is 139 Å². The maximum atomic E-state index is 7.68. The summed E-state index contributed by atoms with van der Waals surface area (Å²) in [5, 5.41) is 0. The molecule has 0 spiro atoms. The van der Waals surface area contributed by atoms with Gasteiger partial charge in [0.15, 0.2) is 0 Å². The third-order valence-electron chi connectivity index (χ3n) is 17.6. The minimum atomic E-state index is 0.106. The number of hydrogen-bond donors (Lipinski definition) is 0. The smallest absolute Gasteiger partial charge is 0.0910 e. The molecule has 8 aliphatic rings. The van der Waals surface area contributed by atoms with Gasteiger partial charge in [0.2, 0.25) is 0 Å². The second kappa shape index (κ2) is 15.6. The molecule has 5 saturated carbocycles. The molecule has 0 aromatic heterocycles. The molecule has 11 rings (SSSR count). The Bertz CT molecular complexity index is 2080. The average Bonchev–Trinajstić information content (AvgIpc) is 3.38. The largest absolute Gasteiger partial charge is 0.370 e. The molecule has 0 amide bonds. The van der Waals surface area contributed by atoms with Crippen molar-refractivity contribution in [2.75, 3.05) is 4.90 Å². The minimum Gasteiger partial charge on any atom is -0.370 e. The second-order valence-electron chi connectivity index (χ2n) is 20.1. The fourth-order valence-electron chi connectivity index (χ4n) is 15.1. The highest BCUT2D eigenvalue weighted by Gasteiger charge is 2.56. The Morgan fingerprint density at radius 2 is 1.29 bits per heavy atom. The third-order valence-corrected chi connectivity index (χ3v) is 17.6. The van der Waals surface area contributed by atoms with Crippen molar-refractivity contribution in [3.05, 3.63) is 119 Å². The van der Waals surface area contributed by atoms with Crippen molar-refractivity contribution in [3.63, 3.8) is 0 Å². The number of nitrogens with zero attached hydrogens (tertiary/aromatic N) is 1. The number of hydrogen-bond acceptors (Lipinski definition) is 3. The monoisotopic (exact) mass is 774 g/mol. The van der Waals surface area contributed by atoms with Crippen LogP contribution in [0.4, 0.5) is 11.4 Å². The van der Waals surface area contributed by atoms with E-state index in [9.17, 15) is 0 Å². The molecule has 304 valence electrons. The molecule has 0 radical (unpaired) electrons. The maximum absolute atomic E-state index is 7.68. The van der Waals surface area contributed by atoms with Crippen LogP contribution >= 0.6 is 0 Å². The van der Waals surface area contributed by atoms with Crippen molar-refractivity contribution >= 4 is 11.4 Å². The molecule has 1 aliphatic heterocycles. The lowest BCUT2D eigenvalue weighted by atomic mass is 9.49. The van der Waals surface area contributed by atoms with Crippen LogP contribution < -0.4 is 4.90 Å². The summed E-state index contributed by atoms with van der Waals surface area (Å²) in [6, 6.07) is 25.5. The Kier molecular flexibility index (Phi) is 10.1. The molecule has 1 saturated heterocycles. The SMILES string of the molecule is C/C=C(\C)N(c1ccc2c(c1)[C@H](C)c1ccccc1-2)c1ccccc1C1CCCC2OC3CC4C5CCCCC5C5C=CC=CCC5C5CCCCC5C4CC3OC21. The molecule has 58 heavy (non-hydrogen) atoms. The van der Waals surface area contributed by atoms with Crippen LogP contribution in [0.15, 0.2) is 103 Å². The minimum absolute atomic E-state index is 0.106. The van der Waals surface area contributed by atoms with Gasteiger partial charge < -0.3 is 14.4 Å². The second-order valence-corrected chi connectivity index (χ2v) is 20.1. The Labute approximate surface area is 349 Å². The Morgan fingerprint density at radius 1 is 0.621 bits per heavy atom. The summed E-state index contributed by atoms with van der Waals surface area (Å²) in [4.78, 5) is 2.54. The van der Waals surface area contributed by atoms with Gasteiger partial charge in [-0.15, -0.1) is 0 Å². The molecule has 0 bridgehead atoms. The Hall–Kier alpha value is -3.40. The number of allylic oxidation sites excluding steroid dienone is 6. The number of benzene rings is 3. The molecule has 13 unspecified atom stereocenters. The van der Waals surface area contributed by atoms with Gasteiger partial charge >= 0.3 is 0 Å². The van der Waals surface area contributed by atoms with E-state index in [1.54, 1.807) is 0 Å². The van der Waals surface area contributed by atoms with Gasteiger partial charge in [-0.25, -0.2) is 0 Å². The third kappa shape index (κ3) is 6.26. The van der Waals surface area contributed by atoms with E-state index < -0.39 is 0 Å². The number of ether oxygens (including phenoxy) is 2. The zero-order valence-electron chi connectivity index (χ0n) is 35.5. The van der Waals surface area contributed by atoms with Gasteiger partial charge in [-0.2, -0.15) is 0 Å². The van der Waals surface area contributed by atoms with E-state index in [4.69, 9.17) is 9.47 Å². The molecule has 0 N–H and O–H groups in total. The summed E-state index contributed by atoms with van der Waals surface area (Å²) in [6.07, 6.45) is 31.8. The zero-order valence-corrected chi connectivity index (χ0v) is 35.5. The lowest BCUT2D eigenvalue weighted by molar-refractivity contribution is -0.263. The average molecular weight is 774 g/mol. The van der Waals surface area contributed by atoms with Crippen molar-refractivity contribution in [1.29, 1.82) is 0 Å². The predicted octanol–water partition coefficient (Wildman–Crippen LogP) is 14.1. The Balaban J connectivity index is 0.915. The van der Waals surface area contributed by atoms with Gasteiger partial charge in [0.25, 0.3) is 0 Å². The number of fused-ring (bicyclic) bond motifs is 13. The molecule has 3 aromatic carbocycles. The van der Waals surface area contributed by atoms with E-state index in [1.165, 1.54) is 122 Å². The summed E-state index contributed by atoms with van der Waals surface area (Å²) in [5.74, 6) is 7.27. The van der Waals surface area contributed by atoms with Gasteiger partial charge in [0.05, 0.1) is 24.4 Å². The van der Waals surface area contributed by atoms with Crippen LogP contribution in [-0.2, 0) is 9.47 Å². The van der Waals surface area contributed by atoms with Crippen molar-refractivity contribution in [2.24, 2.45) is 47.3 Å². The van der Waals surface area contributed by atoms with Gasteiger partial charge in [-0.1, -0.05) is 118 Å². The molecule has 3 heteroatoms. The van der Waals surface area contributed by atoms with Crippen LogP contribution in [0, 0.1) is 47.3 Å². The lowest BCUT2D eigenvalue weighted by Gasteiger charge is -2.59. The van der Waals surface area contributed by atoms with Crippen molar-refractivity contribution in [2.45, 2.75) is 147 Å². The molecular weight excluding hydrogens is 707 g/mol. The lowest BCUT2D eigenvalue weighted by Crippen LogP contribution is -2.59. The van der Waals surface area contributed by atoms with Gasteiger partial charge in [-0.05, 0) is 165 Å². The summed E-state index contributed by atoms with van der Waals surface area (Å²) in [5.41, 5.74) is 10.9. The molecule has 1 heterocycles. The van der Waals surface area contributed by atoms with Crippen LogP contribution in [0.25, 0.3) is 11.1 Å². The van der Waals surface area contributed by atoms with E-state index in [0.29, 0.717) is 11.8 Å². The fourth-order valence-corrected chi connectivity index (χ4v) is 15.1. The van der Waals surface area contributed by atoms with E-state index >= 15 is 0 Å². The highest BCUT2D eigenvalue weighted by atomic mass is 16.6. The first kappa shape index (κ1) is 37.6. The number of para-hydroxylation sites is 1. The van der Waals surface area contributed by atoms with Crippen LogP contribution in [0.5, 0.6) is 0 Å². The van der Waals surface area contributed by atoms with E-state index in [2.05, 4.69) is 123 Å². The number of anilines is 2. The highest BCUT2D eigenvalue weighted by molar-refractivity contribution is 5.82. The summed E-state index contributed by atoms with van der Waals surface area (Å²) in [7, 11) is 0. The van der Waals surface area contributed by atoms with E-state index in [-0.39, 0.29) is 24.4 Å². The number of rotatable bonds is 4. The Morgan fingerprint density at radius 3 is 2.09 bits per heavy atom. The molecule has 3 nitrogen and oxygen atoms in total. The van der Waals surface area contributed by atoms with E-state index in [0.717, 1.165) is 60.2 Å². The van der Waals surface area contributed by atoms with Crippen molar-refractivity contribution < 1.29 is 9.47 Å². The summed E-state index contributed by atoms with van der Waals surface area (Å²) in [6.45, 7) is 6.84. The molecule has 14 atom stereocenters. The first-order valence-corrected chi connectivity index (χ1v) is 24.0. The highest BCUT2D eigenvalue weighted by Crippen LogP contribution is 2.60. The standard InChI is InChI=1S/C55H67NO2/c1-4-34(2)56(36-29-30-45-38-20-9-8-17-37(38)35(3)48(45)31-36)51-27-15-14-25-46(51)47-26-16-28-52-55(47)58-54-33-50-44-24-13-11-22-42(44)40-19-7-5-6-18-39(40)41-21-10-12-23-43(41)49(50)32-53(54)57-52/h4-9,14-15,17-18,20,25,27,29-31,35,39-44,47,49-50,52-55H,10-13,16,19,21-24,26,28,32-33H2,1-3H3/b34-4+/t35-,39?,40?,41?,42?,43?,44?,47?,49?,50?,52?,53?,54?,55?/m1/s1. The van der Waals surface area contributed by atoms with Gasteiger partial charge in [0.1, 0.15) is 0 Å². The van der Waals surface area contributed by atoms with Crippen molar-refractivity contribution in [1.82, 2.24) is 0 Å². The van der Waals surface area contributed by atoms with Crippen molar-refractivity contribution in [3.8, 4) is 11.1 Å². The van der Waals surface area contributed by atoms with E-state index in [1.807, 2.05) is 0 Å². The van der Waals surface area contributed by atoms with Gasteiger partial charge in [-0.3, -0.25) is 0 Å². The maximum Gasteiger partial charge on any atom is 0.0910 e. The normalized spacial score (nSPS) is 38.8. The first-order valence-electron chi connectivity index (χ1n) is 24.0. The summed E-state index contributed by atoms with van der Waals surface area (Å²) < 4.78 is 15.2. The zero-order chi connectivity index (χ0) is 38.9. The molecule has 3 aromatic rings. The first-order chi connectivity index (χ1) is 28.6. The molecular formula is C55H67NO2. The van der Waals surface area contributed by atoms with Crippen LogP contribution in [0.2, 0.25) is 0 Å². The predicted molar refractivity (Wildman–Crippen MR) is 238 cm³/mol. The van der Waals surface area contributed by atoms with Crippen LogP contribution in [-0.4, -0.2) is 24.4 Å². The van der Waals surface area contributed by atoms with Crippen LogP contribution in [0.3, 0.4) is 0 Å². The molecule has 7 aliphatic carbocycles.